The number of phenols is 7. The van der Waals surface area contributed by atoms with E-state index in [9.17, 15) is 72.3 Å². The summed E-state index contributed by atoms with van der Waals surface area (Å²) < 4.78 is 38.2. The van der Waals surface area contributed by atoms with Crippen molar-refractivity contribution < 1.29 is 82.5 Å². The molecule has 0 heterocycles. The van der Waals surface area contributed by atoms with Crippen LogP contribution in [0.1, 0.15) is 150 Å². The van der Waals surface area contributed by atoms with Crippen LogP contribution in [-0.4, -0.2) is 76.2 Å². The molecule has 0 amide bonds. The molecular weight excluding hydrogens is 1870 g/mol. The second-order valence-corrected chi connectivity index (χ2v) is 32.9. The standard InChI is InChI=1S/C17H13F3O2.4C16H13ClO2.C16H14O2.C15H9Cl3O2/c1-11-7-12(9-14(8-11)17(18,19)20)5-6-16(22)13-3-2-4-15(21)10-13;1-11-4-2-5-12(16(11)17)8-9-15(19)13-6-3-7-14(18)10-13;1-11-2-3-12(10-15(11)17)4-9-16(19)13-5-7-14(18)8-6-13;1-11-2-3-12(15(17)10-11)6-9-16(19)13-4-7-14(18)8-5-13;1-11-5-6-12(15(17)9-11)7-8-16(19)13-3-2-4-14(18)10-13;1-12-4-2-5-13(10-12)8-9-16(18)14-6-3-7-15(17)11-14;16-12-5-6-13(17)15(18)11(12)4-7-14(20)9-2-1-3-10(19)8-9/h2-10,21H,1H3;4*2-10,18H,1H3;2-11,17H,1H3;1-8,19H/b6-5+;9-8+;9-4+;9-6+;8-7+;9-8+;7-4+. The normalized spacial score (nSPS) is 11.0. The van der Waals surface area contributed by atoms with Crippen molar-refractivity contribution in [2.45, 2.75) is 47.7 Å². The van der Waals surface area contributed by atoms with Crippen molar-refractivity contribution in [2.75, 3.05) is 0 Å². The van der Waals surface area contributed by atoms with Crippen LogP contribution in [0.15, 0.2) is 340 Å². The number of aromatic hydroxyl groups is 7. The highest BCUT2D eigenvalue weighted by Crippen LogP contribution is 2.35. The Morgan fingerprint density at radius 1 is 0.235 bits per heavy atom. The summed E-state index contributed by atoms with van der Waals surface area (Å²) in [7, 11) is 0. The van der Waals surface area contributed by atoms with Crippen LogP contribution in [0.2, 0.25) is 35.2 Å². The van der Waals surface area contributed by atoms with Crippen LogP contribution in [0.3, 0.4) is 0 Å². The number of aryl methyl sites for hydroxylation is 6. The van der Waals surface area contributed by atoms with Gasteiger partial charge in [0.15, 0.2) is 40.5 Å². The Morgan fingerprint density at radius 3 is 0.956 bits per heavy atom. The number of hydrogen-bond acceptors (Lipinski definition) is 14. The number of alkyl halides is 3. The van der Waals surface area contributed by atoms with Crippen LogP contribution in [0.5, 0.6) is 40.2 Å². The van der Waals surface area contributed by atoms with E-state index in [1.54, 1.807) is 134 Å². The molecule has 14 rings (SSSR count). The SMILES string of the molecule is Cc1cc(/C=C/C(=O)c2cccc(O)c2)cc(C(F)(F)F)c1.Cc1ccc(/C=C/C(=O)c2ccc(O)cc2)c(Cl)c1.Cc1ccc(/C=C/C(=O)c2ccc(O)cc2)cc1Cl.Cc1ccc(/C=C/C(=O)c2cccc(O)c2)c(Cl)c1.Cc1cccc(/C=C/C(=O)c2cccc(O)c2)c1.Cc1cccc(/C=C/C(=O)c2cccc(O)c2)c1Cl.O=C(/C=C/c1c(Cl)ccc(Cl)c1Cl)c1cccc(O)c1. The number of halogens is 10. The lowest BCUT2D eigenvalue weighted by atomic mass is 10.0. The molecule has 0 spiro atoms. The third-order valence-corrected chi connectivity index (χ3v) is 21.9. The molecule has 136 heavy (non-hydrogen) atoms. The van der Waals surface area contributed by atoms with E-state index >= 15 is 0 Å². The zero-order chi connectivity index (χ0) is 99.3. The molecule has 14 aromatic carbocycles. The molecule has 0 aliphatic heterocycles. The molecule has 14 nitrogen and oxygen atoms in total. The Morgan fingerprint density at radius 2 is 0.574 bits per heavy atom. The number of carbonyl (C=O) groups excluding carboxylic acids is 7. The second-order valence-electron chi connectivity index (χ2n) is 30.1. The van der Waals surface area contributed by atoms with Crippen LogP contribution in [-0.2, 0) is 6.18 Å². The molecule has 0 aliphatic rings. The van der Waals surface area contributed by atoms with E-state index < -0.39 is 17.5 Å². The van der Waals surface area contributed by atoms with Gasteiger partial charge in [-0.1, -0.05) is 251 Å². The van der Waals surface area contributed by atoms with Crippen molar-refractivity contribution in [1.29, 1.82) is 0 Å². The molecule has 0 unspecified atom stereocenters. The summed E-state index contributed by atoms with van der Waals surface area (Å²) in [5.74, 6) is -0.851. The summed E-state index contributed by atoms with van der Waals surface area (Å²) in [5, 5.41) is 68.5. The quantitative estimate of drug-likeness (QED) is 0.0201. The molecule has 0 fully saturated rings. The molecule has 690 valence electrons. The maximum atomic E-state index is 12.7. The summed E-state index contributed by atoms with van der Waals surface area (Å²) in [6.07, 6.45) is 16.9. The van der Waals surface area contributed by atoms with E-state index in [2.05, 4.69) is 0 Å². The minimum Gasteiger partial charge on any atom is -0.508 e. The minimum atomic E-state index is -4.43. The highest BCUT2D eigenvalue weighted by molar-refractivity contribution is 6.45. The molecule has 0 saturated heterocycles. The lowest BCUT2D eigenvalue weighted by Gasteiger charge is -2.08. The summed E-state index contributed by atoms with van der Waals surface area (Å²) in [6.45, 7) is 11.3. The molecule has 0 aromatic heterocycles. The Labute approximate surface area is 820 Å². The van der Waals surface area contributed by atoms with E-state index in [1.165, 1.54) is 146 Å². The highest BCUT2D eigenvalue weighted by atomic mass is 35.5. The molecule has 0 aliphatic carbocycles. The van der Waals surface area contributed by atoms with Gasteiger partial charge >= 0.3 is 6.18 Å². The van der Waals surface area contributed by atoms with E-state index in [0.29, 0.717) is 85.2 Å². The van der Waals surface area contributed by atoms with Crippen LogP contribution < -0.4 is 0 Å². The van der Waals surface area contributed by atoms with Crippen LogP contribution in [0, 0.1) is 41.5 Å². The maximum absolute atomic E-state index is 12.7. The topological polar surface area (TPSA) is 261 Å². The average molecular weight is 1960 g/mol. The molecule has 24 heteroatoms. The van der Waals surface area contributed by atoms with Gasteiger partial charge in [-0.2, -0.15) is 13.2 Å². The Balaban J connectivity index is 0.000000195. The van der Waals surface area contributed by atoms with Crippen molar-refractivity contribution in [1.82, 2.24) is 0 Å². The van der Waals surface area contributed by atoms with Gasteiger partial charge in [0.2, 0.25) is 0 Å². The van der Waals surface area contributed by atoms with Crippen molar-refractivity contribution in [3.05, 3.63) is 492 Å². The fourth-order valence-electron chi connectivity index (χ4n) is 12.0. The Bertz CT molecular complexity index is 6870. The van der Waals surface area contributed by atoms with Gasteiger partial charge in [-0.15, -0.1) is 0 Å². The molecule has 0 atom stereocenters. The first kappa shape index (κ1) is 107. The monoisotopic (exact) mass is 1960 g/mol. The number of rotatable bonds is 21. The lowest BCUT2D eigenvalue weighted by molar-refractivity contribution is -0.137. The first-order chi connectivity index (χ1) is 64.6. The van der Waals surface area contributed by atoms with E-state index in [1.807, 2.05) is 132 Å². The molecule has 14 aromatic rings. The number of allylic oxidation sites excluding steroid dienone is 7. The van der Waals surface area contributed by atoms with Crippen LogP contribution >= 0.6 is 81.2 Å². The van der Waals surface area contributed by atoms with Crippen molar-refractivity contribution in [2.24, 2.45) is 0 Å². The van der Waals surface area contributed by atoms with Gasteiger partial charge in [0.1, 0.15) is 40.2 Å². The van der Waals surface area contributed by atoms with Gasteiger partial charge in [0.25, 0.3) is 0 Å². The van der Waals surface area contributed by atoms with Crippen molar-refractivity contribution in [3.8, 4) is 40.2 Å². The first-order valence-corrected chi connectivity index (χ1v) is 43.8. The summed E-state index contributed by atoms with van der Waals surface area (Å²) in [4.78, 5) is 83.3. The zero-order valence-electron chi connectivity index (χ0n) is 73.6. The molecule has 0 radical (unpaired) electrons. The fraction of sp³-hybridized carbons (Fsp3) is 0.0625. The molecule has 7 N–H and O–H groups in total. The Hall–Kier alpha value is -14.6. The second kappa shape index (κ2) is 52.7. The number of ketones is 7. The van der Waals surface area contributed by atoms with Gasteiger partial charge < -0.3 is 35.7 Å². The zero-order valence-corrected chi connectivity index (χ0v) is 78.9. The summed E-state index contributed by atoms with van der Waals surface area (Å²) in [5.41, 5.74) is 13.1. The number of benzene rings is 14. The predicted molar refractivity (Wildman–Crippen MR) is 544 cm³/mol. The Kier molecular flexibility index (Phi) is 41.4. The van der Waals surface area contributed by atoms with Crippen molar-refractivity contribution in [3.63, 3.8) is 0 Å². The lowest BCUT2D eigenvalue weighted by Crippen LogP contribution is -2.05. The third kappa shape index (κ3) is 35.7. The van der Waals surface area contributed by atoms with Gasteiger partial charge in [-0.3, -0.25) is 33.6 Å². The van der Waals surface area contributed by atoms with E-state index in [4.69, 9.17) is 91.4 Å². The largest absolute Gasteiger partial charge is 0.508 e. The predicted octanol–water partition coefficient (Wildman–Crippen LogP) is 30.5. The van der Waals surface area contributed by atoms with E-state index in [-0.39, 0.29) is 80.5 Å². The van der Waals surface area contributed by atoms with Crippen LogP contribution in [0.25, 0.3) is 42.5 Å². The van der Waals surface area contributed by atoms with E-state index in [0.717, 1.165) is 67.8 Å². The highest BCUT2D eigenvalue weighted by Gasteiger charge is 2.31. The molecular formula is C112H88Cl7F3O14. The maximum Gasteiger partial charge on any atom is 0.416 e. The summed E-state index contributed by atoms with van der Waals surface area (Å²) in [6, 6.07) is 80.3. The smallest absolute Gasteiger partial charge is 0.416 e. The molecule has 0 saturated carbocycles. The number of carbonyl (C=O) groups is 7. The van der Waals surface area contributed by atoms with Gasteiger partial charge in [0, 0.05) is 64.6 Å². The van der Waals surface area contributed by atoms with Crippen molar-refractivity contribution >= 4 is 164 Å². The number of hydrogen-bond donors (Lipinski definition) is 7. The third-order valence-electron chi connectivity index (χ3n) is 19.2. The fourth-order valence-corrected chi connectivity index (χ4v) is 13.6. The van der Waals surface area contributed by atoms with Gasteiger partial charge in [-0.25, -0.2) is 0 Å². The minimum absolute atomic E-state index is 0.0306. The number of phenolic OH excluding ortho intramolecular Hbond substituents is 7. The first-order valence-electron chi connectivity index (χ1n) is 41.2. The summed E-state index contributed by atoms with van der Waals surface area (Å²) >= 11 is 42.3. The average Bonchev–Trinajstić information content (AvgIpc) is 0.833. The van der Waals surface area contributed by atoms with Crippen LogP contribution in [0.4, 0.5) is 13.2 Å². The molecule has 0 bridgehead atoms. The van der Waals surface area contributed by atoms with Gasteiger partial charge in [-0.05, 0) is 321 Å². The van der Waals surface area contributed by atoms with Gasteiger partial charge in [0.05, 0.1) is 20.6 Å².